The first kappa shape index (κ1) is 21.1. The van der Waals surface area contributed by atoms with Crippen molar-refractivity contribution in [1.82, 2.24) is 9.88 Å². The number of nitrogens with zero attached hydrogens (tertiary/aromatic N) is 3. The Morgan fingerprint density at radius 2 is 2.06 bits per heavy atom. The van der Waals surface area contributed by atoms with Gasteiger partial charge >= 0.3 is 0 Å². The van der Waals surface area contributed by atoms with Crippen molar-refractivity contribution in [3.63, 3.8) is 0 Å². The van der Waals surface area contributed by atoms with Gasteiger partial charge in [0.15, 0.2) is 5.82 Å². The van der Waals surface area contributed by atoms with E-state index in [9.17, 15) is 4.39 Å². The fraction of sp³-hybridized carbons (Fsp3) is 0.440. The summed E-state index contributed by atoms with van der Waals surface area (Å²) in [5, 5.41) is 3.92. The summed E-state index contributed by atoms with van der Waals surface area (Å²) in [4.78, 5) is 13.4. The number of benzene rings is 1. The number of hydrogen-bond acceptors (Lipinski definition) is 6. The van der Waals surface area contributed by atoms with Gasteiger partial charge in [0.2, 0.25) is 0 Å². The smallest absolute Gasteiger partial charge is 0.175 e. The molecule has 0 radical (unpaired) electrons. The van der Waals surface area contributed by atoms with E-state index in [0.29, 0.717) is 17.2 Å². The number of likely N-dealkylation sites (N-methyl/N-ethyl adjacent to an activating group) is 1. The van der Waals surface area contributed by atoms with Crippen LogP contribution in [0.5, 0.6) is 0 Å². The standard InChI is InChI=1S/C25H26F2N4OS/c1-14-13-29-22-15(14)11-18(26)23(21(22)27)30-19-3-7-28-24-16(19)12-20(33-24)17-4-8-31(2)25(17)5-9-32-10-6-25/h3,7,11-14,17H,4-6,8-10H2,1-2H3,(H,28,30). The van der Waals surface area contributed by atoms with E-state index < -0.39 is 11.6 Å². The van der Waals surface area contributed by atoms with Crippen molar-refractivity contribution in [2.45, 2.75) is 43.6 Å². The summed E-state index contributed by atoms with van der Waals surface area (Å²) >= 11 is 1.69. The number of halogens is 2. The molecule has 1 N–H and O–H groups in total. The van der Waals surface area contributed by atoms with Crippen molar-refractivity contribution in [3.8, 4) is 0 Å². The molecule has 3 aliphatic heterocycles. The molecule has 6 rings (SSSR count). The van der Waals surface area contributed by atoms with Crippen molar-refractivity contribution >= 4 is 44.8 Å². The van der Waals surface area contributed by atoms with Crippen LogP contribution >= 0.6 is 11.3 Å². The first-order valence-corrected chi connectivity index (χ1v) is 12.3. The van der Waals surface area contributed by atoms with Crippen molar-refractivity contribution in [2.24, 2.45) is 4.99 Å². The molecule has 2 saturated heterocycles. The number of pyridine rings is 1. The first-order chi connectivity index (χ1) is 16.0. The lowest BCUT2D eigenvalue weighted by Crippen LogP contribution is -2.49. The van der Waals surface area contributed by atoms with Crippen LogP contribution < -0.4 is 5.32 Å². The summed E-state index contributed by atoms with van der Waals surface area (Å²) in [6.07, 6.45) is 6.48. The van der Waals surface area contributed by atoms with Gasteiger partial charge in [-0.3, -0.25) is 9.89 Å². The molecule has 5 heterocycles. The Balaban J connectivity index is 1.39. The topological polar surface area (TPSA) is 49.8 Å². The molecule has 0 bridgehead atoms. The van der Waals surface area contributed by atoms with Gasteiger partial charge in [0.05, 0.1) is 5.69 Å². The highest BCUT2D eigenvalue weighted by molar-refractivity contribution is 7.18. The largest absolute Gasteiger partial charge is 0.381 e. The number of hydrogen-bond donors (Lipinski definition) is 1. The molecule has 2 fully saturated rings. The molecule has 8 heteroatoms. The third-order valence-corrected chi connectivity index (χ3v) is 8.87. The van der Waals surface area contributed by atoms with Gasteiger partial charge in [-0.2, -0.15) is 0 Å². The predicted octanol–water partition coefficient (Wildman–Crippen LogP) is 6.11. The summed E-state index contributed by atoms with van der Waals surface area (Å²) in [5.41, 5.74) is 1.41. The van der Waals surface area contributed by atoms with Crippen LogP contribution in [0.1, 0.15) is 48.5 Å². The summed E-state index contributed by atoms with van der Waals surface area (Å²) in [7, 11) is 2.21. The van der Waals surface area contributed by atoms with Gasteiger partial charge in [-0.25, -0.2) is 13.8 Å². The zero-order valence-electron chi connectivity index (χ0n) is 18.7. The van der Waals surface area contributed by atoms with Crippen LogP contribution in [0.4, 0.5) is 25.8 Å². The molecule has 1 spiro atoms. The average Bonchev–Trinajstić information content (AvgIpc) is 3.49. The SMILES string of the molecule is CC1C=Nc2c1cc(F)c(Nc1ccnc3sc(C4CCN(C)C45CCOCC5)cc13)c2F. The second-order valence-corrected chi connectivity index (χ2v) is 10.4. The summed E-state index contributed by atoms with van der Waals surface area (Å²) < 4.78 is 35.8. The van der Waals surface area contributed by atoms with Crippen molar-refractivity contribution in [3.05, 3.63) is 46.5 Å². The Labute approximate surface area is 195 Å². The van der Waals surface area contributed by atoms with Crippen LogP contribution in [0.15, 0.2) is 29.4 Å². The van der Waals surface area contributed by atoms with Crippen LogP contribution in [-0.4, -0.2) is 48.4 Å². The Bertz CT molecular complexity index is 1270. The van der Waals surface area contributed by atoms with Crippen LogP contribution in [-0.2, 0) is 4.74 Å². The monoisotopic (exact) mass is 468 g/mol. The number of ether oxygens (including phenoxy) is 1. The molecule has 1 aromatic carbocycles. The van der Waals surface area contributed by atoms with E-state index in [1.54, 1.807) is 29.8 Å². The van der Waals surface area contributed by atoms with Crippen LogP contribution in [0.25, 0.3) is 10.2 Å². The van der Waals surface area contributed by atoms with Gasteiger partial charge < -0.3 is 10.1 Å². The summed E-state index contributed by atoms with van der Waals surface area (Å²) in [5.74, 6) is -0.943. The fourth-order valence-electron chi connectivity index (χ4n) is 5.80. The van der Waals surface area contributed by atoms with E-state index in [1.807, 2.05) is 6.92 Å². The normalized spacial score (nSPS) is 24.1. The van der Waals surface area contributed by atoms with Crippen molar-refractivity contribution in [2.75, 3.05) is 32.1 Å². The second-order valence-electron chi connectivity index (χ2n) is 9.38. The number of rotatable bonds is 3. The third-order valence-electron chi connectivity index (χ3n) is 7.72. The maximum absolute atomic E-state index is 15.2. The highest BCUT2D eigenvalue weighted by Gasteiger charge is 2.48. The average molecular weight is 469 g/mol. The quantitative estimate of drug-likeness (QED) is 0.504. The van der Waals surface area contributed by atoms with Gasteiger partial charge in [0, 0.05) is 53.3 Å². The number of anilines is 2. The maximum Gasteiger partial charge on any atom is 0.175 e. The minimum absolute atomic E-state index is 0.0906. The van der Waals surface area contributed by atoms with Gasteiger partial charge in [-0.05, 0) is 56.6 Å². The molecule has 5 nitrogen and oxygen atoms in total. The molecule has 0 amide bonds. The van der Waals surface area contributed by atoms with Crippen LogP contribution in [0.2, 0.25) is 0 Å². The Hall–Kier alpha value is -2.42. The minimum Gasteiger partial charge on any atom is -0.381 e. The van der Waals surface area contributed by atoms with E-state index in [4.69, 9.17) is 4.74 Å². The maximum atomic E-state index is 15.2. The molecule has 172 valence electrons. The Morgan fingerprint density at radius 1 is 1.24 bits per heavy atom. The zero-order valence-corrected chi connectivity index (χ0v) is 19.5. The molecule has 33 heavy (non-hydrogen) atoms. The lowest BCUT2D eigenvalue weighted by molar-refractivity contribution is -0.00532. The van der Waals surface area contributed by atoms with E-state index in [2.05, 4.69) is 33.3 Å². The van der Waals surface area contributed by atoms with E-state index in [-0.39, 0.29) is 22.8 Å². The molecule has 3 aromatic rings. The molecule has 2 aromatic heterocycles. The Morgan fingerprint density at radius 3 is 2.88 bits per heavy atom. The number of aliphatic imine (C=N–C) groups is 1. The molecule has 2 atom stereocenters. The first-order valence-electron chi connectivity index (χ1n) is 11.5. The second kappa shape index (κ2) is 7.82. The minimum atomic E-state index is -0.649. The molecule has 3 aliphatic rings. The summed E-state index contributed by atoms with van der Waals surface area (Å²) in [6.45, 7) is 4.51. The van der Waals surface area contributed by atoms with Gasteiger partial charge in [0.1, 0.15) is 22.0 Å². The van der Waals surface area contributed by atoms with Gasteiger partial charge in [-0.1, -0.05) is 6.92 Å². The molecule has 2 unspecified atom stereocenters. The number of thiophene rings is 1. The molecule has 0 saturated carbocycles. The number of aromatic nitrogens is 1. The number of nitrogens with one attached hydrogen (secondary N) is 1. The number of likely N-dealkylation sites (tertiary alicyclic amines) is 1. The fourth-order valence-corrected chi connectivity index (χ4v) is 7.07. The molecular formula is C25H26F2N4OS. The van der Waals surface area contributed by atoms with E-state index >= 15 is 4.39 Å². The van der Waals surface area contributed by atoms with Gasteiger partial charge in [0.25, 0.3) is 0 Å². The van der Waals surface area contributed by atoms with Crippen LogP contribution in [0.3, 0.4) is 0 Å². The zero-order chi connectivity index (χ0) is 22.7. The van der Waals surface area contributed by atoms with Gasteiger partial charge in [-0.15, -0.1) is 11.3 Å². The Kier molecular flexibility index (Phi) is 5.01. The van der Waals surface area contributed by atoms with E-state index in [1.165, 1.54) is 10.9 Å². The number of fused-ring (bicyclic) bond motifs is 2. The summed E-state index contributed by atoms with van der Waals surface area (Å²) in [6, 6.07) is 5.33. The predicted molar refractivity (Wildman–Crippen MR) is 129 cm³/mol. The van der Waals surface area contributed by atoms with E-state index in [0.717, 1.165) is 49.2 Å². The lowest BCUT2D eigenvalue weighted by Gasteiger charge is -2.43. The molecular weight excluding hydrogens is 442 g/mol. The highest BCUT2D eigenvalue weighted by Crippen LogP contribution is 2.50. The third kappa shape index (κ3) is 3.22. The molecule has 0 aliphatic carbocycles. The lowest BCUT2D eigenvalue weighted by atomic mass is 9.77. The van der Waals surface area contributed by atoms with Crippen molar-refractivity contribution < 1.29 is 13.5 Å². The van der Waals surface area contributed by atoms with Crippen LogP contribution in [0, 0.1) is 11.6 Å². The van der Waals surface area contributed by atoms with Crippen molar-refractivity contribution in [1.29, 1.82) is 0 Å². The highest BCUT2D eigenvalue weighted by atomic mass is 32.1.